The van der Waals surface area contributed by atoms with Gasteiger partial charge in [0.1, 0.15) is 0 Å². The minimum Gasteiger partial charge on any atom is -0.369 e. The number of hydrogen-bond acceptors (Lipinski definition) is 5. The van der Waals surface area contributed by atoms with Gasteiger partial charge < -0.3 is 9.80 Å². The van der Waals surface area contributed by atoms with E-state index in [-0.39, 0.29) is 5.56 Å². The molecule has 0 atom stereocenters. The lowest BCUT2D eigenvalue weighted by atomic mass is 10.1. The van der Waals surface area contributed by atoms with E-state index < -0.39 is 0 Å². The molecule has 6 nitrogen and oxygen atoms in total. The Morgan fingerprint density at radius 3 is 2.67 bits per heavy atom. The first-order valence-electron chi connectivity index (χ1n) is 8.34. The Labute approximate surface area is 147 Å². The van der Waals surface area contributed by atoms with Crippen LogP contribution in [0.25, 0.3) is 10.8 Å². The fourth-order valence-corrected chi connectivity index (χ4v) is 3.36. The maximum atomic E-state index is 11.8. The van der Waals surface area contributed by atoms with Crippen molar-refractivity contribution in [2.24, 2.45) is 0 Å². The Kier molecular flexibility index (Phi) is 5.38. The van der Waals surface area contributed by atoms with Gasteiger partial charge in [0.25, 0.3) is 5.56 Å². The molecule has 24 heavy (non-hydrogen) atoms. The molecule has 0 amide bonds. The second-order valence-electron chi connectivity index (χ2n) is 6.56. The van der Waals surface area contributed by atoms with Crippen LogP contribution in [0.15, 0.2) is 23.0 Å². The third-order valence-electron chi connectivity index (χ3n) is 4.54. The average Bonchev–Trinajstić information content (AvgIpc) is 2.58. The van der Waals surface area contributed by atoms with E-state index in [1.54, 1.807) is 0 Å². The molecule has 0 bridgehead atoms. The number of halogens is 1. The Balaban J connectivity index is 1.65. The van der Waals surface area contributed by atoms with Crippen LogP contribution in [0, 0.1) is 0 Å². The predicted molar refractivity (Wildman–Crippen MR) is 99.2 cm³/mol. The van der Waals surface area contributed by atoms with Crippen LogP contribution in [-0.4, -0.2) is 73.4 Å². The summed E-state index contributed by atoms with van der Waals surface area (Å²) in [7, 11) is 4.23. The van der Waals surface area contributed by atoms with Gasteiger partial charge in [0.05, 0.1) is 5.39 Å². The number of aromatic nitrogens is 2. The zero-order chi connectivity index (χ0) is 17.1. The molecule has 1 N–H and O–H groups in total. The second kappa shape index (κ2) is 7.51. The lowest BCUT2D eigenvalue weighted by Crippen LogP contribution is -2.47. The molecule has 1 aliphatic rings. The summed E-state index contributed by atoms with van der Waals surface area (Å²) in [6, 6.07) is 5.80. The number of piperazine rings is 1. The number of H-pyrrole nitrogens is 1. The van der Waals surface area contributed by atoms with E-state index in [1.807, 2.05) is 18.2 Å². The first-order valence-corrected chi connectivity index (χ1v) is 8.72. The number of nitrogens with one attached hydrogen (secondary N) is 1. The van der Waals surface area contributed by atoms with Crippen molar-refractivity contribution < 1.29 is 0 Å². The van der Waals surface area contributed by atoms with Gasteiger partial charge in [-0.25, -0.2) is 5.10 Å². The SMILES string of the molecule is CN(C)CCCN1CCN(c2ccc3c(=O)[nH]nc(Cl)c3c2)CC1. The first-order chi connectivity index (χ1) is 11.5. The molecule has 7 heteroatoms. The number of nitrogens with zero attached hydrogens (tertiary/aromatic N) is 4. The predicted octanol–water partition coefficient (Wildman–Crippen LogP) is 1.65. The Bertz CT molecular complexity index is 752. The summed E-state index contributed by atoms with van der Waals surface area (Å²) in [5.74, 6) is 0. The van der Waals surface area contributed by atoms with E-state index in [0.29, 0.717) is 15.9 Å². The van der Waals surface area contributed by atoms with Crippen LogP contribution in [0.4, 0.5) is 5.69 Å². The number of hydrogen-bond donors (Lipinski definition) is 1. The quantitative estimate of drug-likeness (QED) is 0.889. The molecule has 0 radical (unpaired) electrons. The lowest BCUT2D eigenvalue weighted by Gasteiger charge is -2.36. The highest BCUT2D eigenvalue weighted by atomic mass is 35.5. The van der Waals surface area contributed by atoms with Gasteiger partial charge >= 0.3 is 0 Å². The van der Waals surface area contributed by atoms with Crippen LogP contribution >= 0.6 is 11.6 Å². The number of anilines is 1. The third kappa shape index (κ3) is 3.88. The Morgan fingerprint density at radius 1 is 1.21 bits per heavy atom. The van der Waals surface area contributed by atoms with Crippen molar-refractivity contribution in [3.8, 4) is 0 Å². The van der Waals surface area contributed by atoms with E-state index in [1.165, 1.54) is 6.42 Å². The van der Waals surface area contributed by atoms with E-state index in [4.69, 9.17) is 11.6 Å². The molecule has 2 heterocycles. The van der Waals surface area contributed by atoms with Crippen LogP contribution in [0.3, 0.4) is 0 Å². The zero-order valence-corrected chi connectivity index (χ0v) is 15.0. The maximum absolute atomic E-state index is 11.8. The largest absolute Gasteiger partial charge is 0.369 e. The smallest absolute Gasteiger partial charge is 0.272 e. The van der Waals surface area contributed by atoms with Gasteiger partial charge in [0, 0.05) is 37.3 Å². The van der Waals surface area contributed by atoms with Crippen LogP contribution in [0.5, 0.6) is 0 Å². The molecule has 0 aliphatic carbocycles. The van der Waals surface area contributed by atoms with E-state index in [9.17, 15) is 4.79 Å². The third-order valence-corrected chi connectivity index (χ3v) is 4.83. The summed E-state index contributed by atoms with van der Waals surface area (Å²) < 4.78 is 0. The summed E-state index contributed by atoms with van der Waals surface area (Å²) in [6.07, 6.45) is 1.20. The van der Waals surface area contributed by atoms with Gasteiger partial charge in [0.15, 0.2) is 5.15 Å². The van der Waals surface area contributed by atoms with Crippen molar-refractivity contribution >= 4 is 28.1 Å². The van der Waals surface area contributed by atoms with Crippen LogP contribution in [-0.2, 0) is 0 Å². The van der Waals surface area contributed by atoms with E-state index >= 15 is 0 Å². The molecule has 2 aromatic rings. The Morgan fingerprint density at radius 2 is 1.96 bits per heavy atom. The number of fused-ring (bicyclic) bond motifs is 1. The monoisotopic (exact) mass is 349 g/mol. The maximum Gasteiger partial charge on any atom is 0.272 e. The fourth-order valence-electron chi connectivity index (χ4n) is 3.16. The average molecular weight is 350 g/mol. The lowest BCUT2D eigenvalue weighted by molar-refractivity contribution is 0.242. The summed E-state index contributed by atoms with van der Waals surface area (Å²) >= 11 is 6.13. The van der Waals surface area contributed by atoms with Gasteiger partial charge in [-0.1, -0.05) is 11.6 Å². The van der Waals surface area contributed by atoms with Crippen LogP contribution in [0.2, 0.25) is 5.15 Å². The normalized spacial score (nSPS) is 16.2. The minimum atomic E-state index is -0.202. The number of aromatic amines is 1. The van der Waals surface area contributed by atoms with Crippen molar-refractivity contribution in [1.29, 1.82) is 0 Å². The van der Waals surface area contributed by atoms with Gasteiger partial charge in [-0.05, 0) is 51.8 Å². The summed E-state index contributed by atoms with van der Waals surface area (Å²) in [4.78, 5) is 18.9. The molecule has 130 valence electrons. The molecule has 1 saturated heterocycles. The molecule has 1 fully saturated rings. The van der Waals surface area contributed by atoms with Crippen LogP contribution < -0.4 is 10.5 Å². The van der Waals surface area contributed by atoms with Crippen molar-refractivity contribution in [1.82, 2.24) is 20.0 Å². The van der Waals surface area contributed by atoms with Gasteiger partial charge in [-0.3, -0.25) is 9.69 Å². The molecule has 1 aliphatic heterocycles. The van der Waals surface area contributed by atoms with Crippen molar-refractivity contribution in [2.45, 2.75) is 6.42 Å². The molecule has 1 aromatic carbocycles. The van der Waals surface area contributed by atoms with E-state index in [0.717, 1.165) is 45.0 Å². The summed E-state index contributed by atoms with van der Waals surface area (Å²) in [6.45, 7) is 6.38. The standard InChI is InChI=1S/C17H24ClN5O/c1-21(2)6-3-7-22-8-10-23(11-9-22)13-4-5-14-15(12-13)16(18)19-20-17(14)24/h4-5,12H,3,6-11H2,1-2H3,(H,20,24). The molecule has 0 unspecified atom stereocenters. The molecular weight excluding hydrogens is 326 g/mol. The molecular formula is C17H24ClN5O. The minimum absolute atomic E-state index is 0.202. The van der Waals surface area contributed by atoms with Crippen molar-refractivity contribution in [2.75, 3.05) is 58.3 Å². The Hall–Kier alpha value is -1.63. The number of benzene rings is 1. The van der Waals surface area contributed by atoms with E-state index in [2.05, 4.69) is 39.0 Å². The topological polar surface area (TPSA) is 55.5 Å². The number of rotatable bonds is 5. The fraction of sp³-hybridized carbons (Fsp3) is 0.529. The first kappa shape index (κ1) is 17.2. The molecule has 1 aromatic heterocycles. The van der Waals surface area contributed by atoms with Crippen molar-refractivity contribution in [3.63, 3.8) is 0 Å². The summed E-state index contributed by atoms with van der Waals surface area (Å²) in [5, 5.41) is 7.90. The highest BCUT2D eigenvalue weighted by molar-refractivity contribution is 6.34. The zero-order valence-electron chi connectivity index (χ0n) is 14.3. The van der Waals surface area contributed by atoms with Crippen molar-refractivity contribution in [3.05, 3.63) is 33.7 Å². The van der Waals surface area contributed by atoms with Gasteiger partial charge in [-0.15, -0.1) is 0 Å². The van der Waals surface area contributed by atoms with Gasteiger partial charge in [0.2, 0.25) is 0 Å². The second-order valence-corrected chi connectivity index (χ2v) is 6.92. The molecule has 0 spiro atoms. The highest BCUT2D eigenvalue weighted by Crippen LogP contribution is 2.25. The highest BCUT2D eigenvalue weighted by Gasteiger charge is 2.18. The summed E-state index contributed by atoms with van der Waals surface area (Å²) in [5.41, 5.74) is 0.899. The molecule has 0 saturated carbocycles. The van der Waals surface area contributed by atoms with Gasteiger partial charge in [-0.2, -0.15) is 5.10 Å². The van der Waals surface area contributed by atoms with Crippen LogP contribution in [0.1, 0.15) is 6.42 Å². The molecule has 3 rings (SSSR count).